The Kier molecular flexibility index (Phi) is 3.86. The molecule has 0 amide bonds. The van der Waals surface area contributed by atoms with Crippen molar-refractivity contribution in [2.75, 3.05) is 19.0 Å². The van der Waals surface area contributed by atoms with Gasteiger partial charge in [-0.05, 0) is 6.07 Å². The van der Waals surface area contributed by atoms with Crippen LogP contribution in [0.4, 0.5) is 5.69 Å². The molecule has 1 rings (SSSR count). The number of anilines is 1. The molecule has 0 fully saturated rings. The molecule has 0 radical (unpaired) electrons. The third-order valence-corrected chi connectivity index (χ3v) is 2.12. The normalized spacial score (nSPS) is 10.9. The average molecular weight is 201 g/mol. The number of rotatable bonds is 4. The quantitative estimate of drug-likeness (QED) is 0.424. The van der Waals surface area contributed by atoms with Gasteiger partial charge in [-0.15, -0.1) is 0 Å². The van der Waals surface area contributed by atoms with Crippen molar-refractivity contribution in [3.8, 4) is 0 Å². The fourth-order valence-corrected chi connectivity index (χ4v) is 1.43. The zero-order valence-electron chi connectivity index (χ0n) is 9.10. The van der Waals surface area contributed by atoms with Crippen LogP contribution in [-0.4, -0.2) is 20.4 Å². The first-order valence-electron chi connectivity index (χ1n) is 4.75. The molecule has 15 heavy (non-hydrogen) atoms. The molecule has 0 heterocycles. The van der Waals surface area contributed by atoms with Crippen LogP contribution in [0.5, 0.6) is 0 Å². The molecule has 1 aromatic rings. The van der Waals surface area contributed by atoms with Crippen LogP contribution < -0.4 is 4.90 Å². The minimum Gasteiger partial charge on any atom is -0.377 e. The van der Waals surface area contributed by atoms with E-state index in [1.165, 1.54) is 0 Å². The number of hydrogen-bond donors (Lipinski definition) is 0. The van der Waals surface area contributed by atoms with Crippen LogP contribution in [0.25, 0.3) is 5.57 Å². The van der Waals surface area contributed by atoms with Crippen LogP contribution in [0.3, 0.4) is 0 Å². The zero-order chi connectivity index (χ0) is 11.3. The molecule has 2 nitrogen and oxygen atoms in total. The maximum absolute atomic E-state index is 10.9. The topological polar surface area (TPSA) is 20.3 Å². The molecule has 0 unspecified atom stereocenters. The molecule has 0 aromatic heterocycles. The second kappa shape index (κ2) is 5.15. The van der Waals surface area contributed by atoms with Gasteiger partial charge in [0.2, 0.25) is 0 Å². The summed E-state index contributed by atoms with van der Waals surface area (Å²) in [5, 5.41) is 0. The largest absolute Gasteiger partial charge is 0.377 e. The predicted octanol–water partition coefficient (Wildman–Crippen LogP) is 2.52. The highest BCUT2D eigenvalue weighted by Gasteiger charge is 2.06. The summed E-state index contributed by atoms with van der Waals surface area (Å²) in [7, 11) is 3.91. The first kappa shape index (κ1) is 11.2. The highest BCUT2D eigenvalue weighted by atomic mass is 16.1. The van der Waals surface area contributed by atoms with E-state index in [0.29, 0.717) is 5.57 Å². The Labute approximate surface area is 90.5 Å². The fraction of sp³-hybridized carbons (Fsp3) is 0.154. The molecule has 0 saturated heterocycles. The fourth-order valence-electron chi connectivity index (χ4n) is 1.43. The standard InChI is InChI=1S/C13H15NO/c1-4-7-11(10-15)12-8-5-6-9-13(12)14(2)3/h4-10H,1H2,2-3H3/b11-7-. The van der Waals surface area contributed by atoms with Crippen molar-refractivity contribution in [2.24, 2.45) is 0 Å². The van der Waals surface area contributed by atoms with Gasteiger partial charge in [0, 0.05) is 30.9 Å². The van der Waals surface area contributed by atoms with Gasteiger partial charge in [-0.2, -0.15) is 0 Å². The molecule has 0 N–H and O–H groups in total. The maximum Gasteiger partial charge on any atom is 0.150 e. The predicted molar refractivity (Wildman–Crippen MR) is 65.0 cm³/mol. The summed E-state index contributed by atoms with van der Waals surface area (Å²) in [5.74, 6) is 0. The molecule has 0 bridgehead atoms. The number of para-hydroxylation sites is 1. The lowest BCUT2D eigenvalue weighted by atomic mass is 10.0. The van der Waals surface area contributed by atoms with Gasteiger partial charge < -0.3 is 4.90 Å². The number of allylic oxidation sites excluding steroid dienone is 3. The summed E-state index contributed by atoms with van der Waals surface area (Å²) in [6, 6.07) is 7.78. The van der Waals surface area contributed by atoms with Gasteiger partial charge in [0.1, 0.15) is 0 Å². The Morgan fingerprint density at radius 1 is 1.33 bits per heavy atom. The Balaban J connectivity index is 3.28. The highest BCUT2D eigenvalue weighted by Crippen LogP contribution is 2.24. The molecule has 0 spiro atoms. The molecule has 0 aliphatic carbocycles. The van der Waals surface area contributed by atoms with Gasteiger partial charge in [-0.25, -0.2) is 0 Å². The molecule has 78 valence electrons. The van der Waals surface area contributed by atoms with Crippen molar-refractivity contribution in [2.45, 2.75) is 0 Å². The molecule has 0 aliphatic heterocycles. The third-order valence-electron chi connectivity index (χ3n) is 2.12. The molecular weight excluding hydrogens is 186 g/mol. The van der Waals surface area contributed by atoms with E-state index in [0.717, 1.165) is 17.5 Å². The second-order valence-corrected chi connectivity index (χ2v) is 3.39. The lowest BCUT2D eigenvalue weighted by Gasteiger charge is -2.16. The Hall–Kier alpha value is -1.83. The molecule has 0 aliphatic rings. The zero-order valence-corrected chi connectivity index (χ0v) is 9.10. The van der Waals surface area contributed by atoms with Crippen molar-refractivity contribution in [1.29, 1.82) is 0 Å². The summed E-state index contributed by atoms with van der Waals surface area (Å²) in [4.78, 5) is 12.9. The minimum absolute atomic E-state index is 0.648. The summed E-state index contributed by atoms with van der Waals surface area (Å²) >= 11 is 0. The van der Waals surface area contributed by atoms with E-state index >= 15 is 0 Å². The highest BCUT2D eigenvalue weighted by molar-refractivity contribution is 6.09. The summed E-state index contributed by atoms with van der Waals surface area (Å²) < 4.78 is 0. The van der Waals surface area contributed by atoms with Gasteiger partial charge in [0.15, 0.2) is 6.29 Å². The monoisotopic (exact) mass is 201 g/mol. The van der Waals surface area contributed by atoms with Crippen molar-refractivity contribution in [3.05, 3.63) is 48.6 Å². The van der Waals surface area contributed by atoms with Gasteiger partial charge in [-0.1, -0.05) is 36.9 Å². The SMILES string of the molecule is C=C/C=C(/C=O)c1ccccc1N(C)C. The van der Waals surface area contributed by atoms with Crippen LogP contribution in [0.1, 0.15) is 5.56 Å². The molecule has 0 saturated carbocycles. The molecular formula is C13H15NO. The summed E-state index contributed by atoms with van der Waals surface area (Å²) in [6.45, 7) is 3.60. The van der Waals surface area contributed by atoms with Crippen molar-refractivity contribution >= 4 is 17.5 Å². The van der Waals surface area contributed by atoms with E-state index < -0.39 is 0 Å². The average Bonchev–Trinajstić information content (AvgIpc) is 2.26. The van der Waals surface area contributed by atoms with Crippen LogP contribution in [0.2, 0.25) is 0 Å². The van der Waals surface area contributed by atoms with E-state index in [4.69, 9.17) is 0 Å². The molecule has 2 heteroatoms. The Morgan fingerprint density at radius 2 is 2.00 bits per heavy atom. The van der Waals surface area contributed by atoms with Crippen LogP contribution in [-0.2, 0) is 4.79 Å². The van der Waals surface area contributed by atoms with Gasteiger partial charge in [0.25, 0.3) is 0 Å². The lowest BCUT2D eigenvalue weighted by molar-refractivity contribution is -0.103. The third kappa shape index (κ3) is 2.56. The smallest absolute Gasteiger partial charge is 0.150 e. The van der Waals surface area contributed by atoms with Crippen molar-refractivity contribution in [1.82, 2.24) is 0 Å². The van der Waals surface area contributed by atoms with E-state index in [1.54, 1.807) is 12.2 Å². The van der Waals surface area contributed by atoms with Gasteiger partial charge in [0.05, 0.1) is 0 Å². The number of hydrogen-bond acceptors (Lipinski definition) is 2. The maximum atomic E-state index is 10.9. The van der Waals surface area contributed by atoms with Crippen LogP contribution in [0, 0.1) is 0 Å². The molecule has 1 aromatic carbocycles. The van der Waals surface area contributed by atoms with E-state index in [2.05, 4.69) is 6.58 Å². The van der Waals surface area contributed by atoms with Crippen LogP contribution in [0.15, 0.2) is 43.0 Å². The number of aldehydes is 1. The number of nitrogens with zero attached hydrogens (tertiary/aromatic N) is 1. The second-order valence-electron chi connectivity index (χ2n) is 3.39. The summed E-state index contributed by atoms with van der Waals surface area (Å²) in [6.07, 6.45) is 4.19. The number of benzene rings is 1. The first-order valence-corrected chi connectivity index (χ1v) is 4.75. The van der Waals surface area contributed by atoms with E-state index in [-0.39, 0.29) is 0 Å². The van der Waals surface area contributed by atoms with E-state index in [1.807, 2.05) is 43.3 Å². The number of carbonyl (C=O) groups is 1. The van der Waals surface area contributed by atoms with E-state index in [9.17, 15) is 4.79 Å². The molecule has 0 atom stereocenters. The minimum atomic E-state index is 0.648. The number of carbonyl (C=O) groups excluding carboxylic acids is 1. The first-order chi connectivity index (χ1) is 7.20. The van der Waals surface area contributed by atoms with Crippen molar-refractivity contribution in [3.63, 3.8) is 0 Å². The van der Waals surface area contributed by atoms with Crippen molar-refractivity contribution < 1.29 is 4.79 Å². The Bertz CT molecular complexity index is 391. The van der Waals surface area contributed by atoms with Gasteiger partial charge in [-0.3, -0.25) is 4.79 Å². The van der Waals surface area contributed by atoms with Gasteiger partial charge >= 0.3 is 0 Å². The summed E-state index contributed by atoms with van der Waals surface area (Å²) in [5.41, 5.74) is 2.60. The van der Waals surface area contributed by atoms with Crippen LogP contribution >= 0.6 is 0 Å². The Morgan fingerprint density at radius 3 is 2.53 bits per heavy atom. The lowest BCUT2D eigenvalue weighted by Crippen LogP contribution is -2.11.